The Hall–Kier alpha value is -2.68. The number of pyridine rings is 1. The number of amides is 1. The lowest BCUT2D eigenvalue weighted by molar-refractivity contribution is -0.115. The van der Waals surface area contributed by atoms with Crippen LogP contribution in [-0.2, 0) is 16.1 Å². The van der Waals surface area contributed by atoms with E-state index in [1.54, 1.807) is 12.1 Å². The molecule has 1 aromatic heterocycles. The Morgan fingerprint density at radius 3 is 2.72 bits per heavy atom. The number of aromatic nitrogens is 1. The molecular formula is C23H26ClN5O2S. The normalized spacial score (nSPS) is 16.9. The zero-order valence-electron chi connectivity index (χ0n) is 17.6. The number of nitrogens with zero attached hydrogens (tertiary/aromatic N) is 2. The van der Waals surface area contributed by atoms with Gasteiger partial charge in [-0.15, -0.1) is 0 Å². The van der Waals surface area contributed by atoms with E-state index in [1.165, 1.54) is 11.8 Å². The lowest BCUT2D eigenvalue weighted by Gasteiger charge is -2.37. The van der Waals surface area contributed by atoms with Crippen LogP contribution in [0.15, 0.2) is 60.4 Å². The van der Waals surface area contributed by atoms with Crippen LogP contribution in [0.1, 0.15) is 24.8 Å². The summed E-state index contributed by atoms with van der Waals surface area (Å²) in [6.45, 7) is 2.36. The van der Waals surface area contributed by atoms with Gasteiger partial charge in [-0.2, -0.15) is 0 Å². The number of thiocarbonyl (C=S) groups is 1. The molecule has 3 N–H and O–H groups in total. The minimum atomic E-state index is -0.500. The summed E-state index contributed by atoms with van der Waals surface area (Å²) in [5, 5.41) is 7.39. The molecule has 9 heteroatoms. The summed E-state index contributed by atoms with van der Waals surface area (Å²) >= 11 is 11.4. The number of carbonyl (C=O) groups excluding carboxylic acids is 1. The van der Waals surface area contributed by atoms with Gasteiger partial charge in [-0.25, -0.2) is 4.98 Å². The second-order valence-electron chi connectivity index (χ2n) is 7.95. The lowest BCUT2D eigenvalue weighted by atomic mass is 9.91. The Kier molecular flexibility index (Phi) is 7.24. The summed E-state index contributed by atoms with van der Waals surface area (Å²) in [7, 11) is 0. The molecule has 3 heterocycles. The van der Waals surface area contributed by atoms with Crippen molar-refractivity contribution < 1.29 is 9.63 Å². The van der Waals surface area contributed by atoms with Crippen molar-refractivity contribution in [1.29, 1.82) is 0 Å². The third-order valence-corrected chi connectivity index (χ3v) is 6.27. The summed E-state index contributed by atoms with van der Waals surface area (Å²) in [6, 6.07) is 13.8. The van der Waals surface area contributed by atoms with Crippen molar-refractivity contribution in [3.8, 4) is 0 Å². The molecule has 0 bridgehead atoms. The number of anilines is 1. The minimum absolute atomic E-state index is 0.297. The van der Waals surface area contributed by atoms with Gasteiger partial charge in [0.15, 0.2) is 5.11 Å². The van der Waals surface area contributed by atoms with Gasteiger partial charge in [0.25, 0.3) is 5.91 Å². The number of nitrogens with one attached hydrogen (secondary N) is 3. The summed E-state index contributed by atoms with van der Waals surface area (Å²) < 4.78 is 0. The fourth-order valence-electron chi connectivity index (χ4n) is 3.80. The number of benzene rings is 1. The van der Waals surface area contributed by atoms with Crippen LogP contribution in [0, 0.1) is 0 Å². The van der Waals surface area contributed by atoms with Crippen LogP contribution in [0.4, 0.5) is 5.82 Å². The first-order valence-corrected chi connectivity index (χ1v) is 11.5. The Balaban J connectivity index is 1.22. The van der Waals surface area contributed by atoms with Crippen molar-refractivity contribution in [1.82, 2.24) is 20.7 Å². The Morgan fingerprint density at radius 1 is 1.22 bits per heavy atom. The van der Waals surface area contributed by atoms with Crippen molar-refractivity contribution >= 4 is 40.7 Å². The quantitative estimate of drug-likeness (QED) is 0.440. The molecule has 1 saturated heterocycles. The van der Waals surface area contributed by atoms with Crippen molar-refractivity contribution in [2.45, 2.75) is 31.3 Å². The molecule has 168 valence electrons. The van der Waals surface area contributed by atoms with Gasteiger partial charge in [-0.05, 0) is 48.8 Å². The molecule has 0 atom stereocenters. The van der Waals surface area contributed by atoms with E-state index in [4.69, 9.17) is 28.7 Å². The Bertz CT molecular complexity index is 976. The minimum Gasteiger partial charge on any atom is -0.363 e. The average Bonchev–Trinajstić information content (AvgIpc) is 3.23. The van der Waals surface area contributed by atoms with Gasteiger partial charge in [0.1, 0.15) is 17.1 Å². The maximum atomic E-state index is 12.5. The number of likely N-dealkylation sites (tertiary alicyclic amines) is 1. The van der Waals surface area contributed by atoms with Crippen LogP contribution in [0.3, 0.4) is 0 Å². The van der Waals surface area contributed by atoms with E-state index >= 15 is 0 Å². The Morgan fingerprint density at radius 2 is 2.00 bits per heavy atom. The number of hydroxylamine groups is 1. The van der Waals surface area contributed by atoms with Gasteiger partial charge in [-0.1, -0.05) is 41.9 Å². The largest absolute Gasteiger partial charge is 0.363 e. The van der Waals surface area contributed by atoms with E-state index in [0.29, 0.717) is 16.5 Å². The maximum Gasteiger partial charge on any atom is 0.274 e. The predicted molar refractivity (Wildman–Crippen MR) is 129 cm³/mol. The molecule has 0 aliphatic carbocycles. The molecule has 0 unspecified atom stereocenters. The predicted octanol–water partition coefficient (Wildman–Crippen LogP) is 3.43. The van der Waals surface area contributed by atoms with Gasteiger partial charge >= 0.3 is 0 Å². The van der Waals surface area contributed by atoms with Crippen molar-refractivity contribution in [3.05, 3.63) is 71.0 Å². The first kappa shape index (κ1) is 22.5. The van der Waals surface area contributed by atoms with Crippen LogP contribution in [0.25, 0.3) is 0 Å². The fourth-order valence-corrected chi connectivity index (χ4v) is 4.20. The molecular weight excluding hydrogens is 446 g/mol. The van der Waals surface area contributed by atoms with Gasteiger partial charge in [0, 0.05) is 38.7 Å². The molecule has 7 nitrogen and oxygen atoms in total. The lowest BCUT2D eigenvalue weighted by Crippen LogP contribution is -2.49. The summed E-state index contributed by atoms with van der Waals surface area (Å²) in [5.74, 6) is 0.135. The monoisotopic (exact) mass is 471 g/mol. The third-order valence-electron chi connectivity index (χ3n) is 5.64. The average molecular weight is 472 g/mol. The van der Waals surface area contributed by atoms with Crippen LogP contribution in [0.2, 0.25) is 5.02 Å². The molecule has 32 heavy (non-hydrogen) atoms. The van der Waals surface area contributed by atoms with E-state index in [-0.39, 0.29) is 5.91 Å². The standard InChI is InChI=1S/C23H26ClN5O2S/c24-18-8-9-20(26-16-18)27-21(30)19-15-23(31-28-19)10-13-29(14-11-23)22(32)25-12-4-7-17-5-2-1-3-6-17/h1-3,5-6,8-9,15-16,28H,4,7,10-14H2,(H,25,32)(H,26,27,30). The molecule has 4 rings (SSSR count). The molecule has 1 spiro atoms. The molecule has 2 aromatic rings. The van der Waals surface area contributed by atoms with E-state index < -0.39 is 5.60 Å². The van der Waals surface area contributed by atoms with Crippen molar-refractivity contribution in [2.24, 2.45) is 0 Å². The van der Waals surface area contributed by atoms with E-state index in [9.17, 15) is 4.79 Å². The van der Waals surface area contributed by atoms with E-state index in [2.05, 4.69) is 50.3 Å². The first-order chi connectivity index (χ1) is 15.5. The zero-order chi connectivity index (χ0) is 22.4. The van der Waals surface area contributed by atoms with Gasteiger partial charge < -0.3 is 15.5 Å². The first-order valence-electron chi connectivity index (χ1n) is 10.7. The molecule has 1 fully saturated rings. The molecule has 1 amide bonds. The molecule has 1 aromatic carbocycles. The fraction of sp³-hybridized carbons (Fsp3) is 0.348. The second-order valence-corrected chi connectivity index (χ2v) is 8.77. The number of piperidine rings is 1. The van der Waals surface area contributed by atoms with Crippen molar-refractivity contribution in [2.75, 3.05) is 25.0 Å². The topological polar surface area (TPSA) is 78.5 Å². The smallest absolute Gasteiger partial charge is 0.274 e. The van der Waals surface area contributed by atoms with Crippen LogP contribution >= 0.6 is 23.8 Å². The van der Waals surface area contributed by atoms with Crippen LogP contribution < -0.4 is 16.1 Å². The SMILES string of the molecule is O=C(Nc1ccc(Cl)cn1)C1=CC2(CCN(C(=S)NCCCc3ccccc3)CC2)ON1. The summed E-state index contributed by atoms with van der Waals surface area (Å²) in [5.41, 5.74) is 4.00. The third kappa shape index (κ3) is 5.76. The number of hydrogen-bond acceptors (Lipinski definition) is 5. The molecule has 0 radical (unpaired) electrons. The highest BCUT2D eigenvalue weighted by atomic mass is 35.5. The highest BCUT2D eigenvalue weighted by Crippen LogP contribution is 2.32. The van der Waals surface area contributed by atoms with E-state index in [0.717, 1.165) is 50.4 Å². The molecule has 0 saturated carbocycles. The Labute approximate surface area is 198 Å². The van der Waals surface area contributed by atoms with Crippen molar-refractivity contribution in [3.63, 3.8) is 0 Å². The number of halogens is 1. The van der Waals surface area contributed by atoms with Gasteiger partial charge in [0.2, 0.25) is 0 Å². The van der Waals surface area contributed by atoms with Gasteiger partial charge in [0.05, 0.1) is 5.02 Å². The number of rotatable bonds is 6. The van der Waals surface area contributed by atoms with Crippen LogP contribution in [0.5, 0.6) is 0 Å². The number of aryl methyl sites for hydroxylation is 1. The molecule has 2 aliphatic heterocycles. The van der Waals surface area contributed by atoms with Crippen LogP contribution in [-0.4, -0.2) is 46.1 Å². The van der Waals surface area contributed by atoms with E-state index in [1.807, 2.05) is 12.1 Å². The zero-order valence-corrected chi connectivity index (χ0v) is 19.2. The number of hydrogen-bond donors (Lipinski definition) is 3. The number of carbonyl (C=O) groups is 1. The highest BCUT2D eigenvalue weighted by molar-refractivity contribution is 7.80. The summed E-state index contributed by atoms with van der Waals surface area (Å²) in [6.07, 6.45) is 6.88. The molecule has 2 aliphatic rings. The maximum absolute atomic E-state index is 12.5. The highest BCUT2D eigenvalue weighted by Gasteiger charge is 2.40. The second kappa shape index (κ2) is 10.3. The van der Waals surface area contributed by atoms with Gasteiger partial charge in [-0.3, -0.25) is 15.1 Å². The summed E-state index contributed by atoms with van der Waals surface area (Å²) in [4.78, 5) is 24.6.